The number of benzene rings is 1. The van der Waals surface area contributed by atoms with Gasteiger partial charge in [-0.1, -0.05) is 24.6 Å². The first-order valence-electron chi connectivity index (χ1n) is 8.15. The lowest BCUT2D eigenvalue weighted by atomic mass is 9.87. The third-order valence-electron chi connectivity index (χ3n) is 4.70. The lowest BCUT2D eigenvalue weighted by Crippen LogP contribution is -2.58. The first kappa shape index (κ1) is 16.9. The van der Waals surface area contributed by atoms with Crippen LogP contribution in [-0.2, 0) is 14.8 Å². The van der Waals surface area contributed by atoms with Crippen LogP contribution in [0.5, 0.6) is 0 Å². The molecule has 0 aromatic heterocycles. The highest BCUT2D eigenvalue weighted by atomic mass is 32.2. The number of aliphatic hydroxyl groups excluding tert-OH is 1. The number of rotatable bonds is 4. The summed E-state index contributed by atoms with van der Waals surface area (Å²) in [5.41, 5.74) is 0. The van der Waals surface area contributed by atoms with Crippen molar-refractivity contribution in [1.29, 1.82) is 0 Å². The van der Waals surface area contributed by atoms with Crippen molar-refractivity contribution in [3.8, 4) is 0 Å². The minimum Gasteiger partial charge on any atom is -0.390 e. The van der Waals surface area contributed by atoms with Crippen molar-refractivity contribution in [2.24, 2.45) is 0 Å². The summed E-state index contributed by atoms with van der Waals surface area (Å²) in [7, 11) is -3.60. The molecule has 7 heteroatoms. The Morgan fingerprint density at radius 3 is 2.52 bits per heavy atom. The summed E-state index contributed by atoms with van der Waals surface area (Å²) in [6, 6.07) is 7.86. The zero-order valence-corrected chi connectivity index (χ0v) is 13.9. The summed E-state index contributed by atoms with van der Waals surface area (Å²) in [6.07, 6.45) is 1.76. The van der Waals surface area contributed by atoms with Gasteiger partial charge in [0.2, 0.25) is 10.0 Å². The van der Waals surface area contributed by atoms with Gasteiger partial charge in [-0.15, -0.1) is 0 Å². The summed E-state index contributed by atoms with van der Waals surface area (Å²) < 4.78 is 33.0. The van der Waals surface area contributed by atoms with Gasteiger partial charge in [0, 0.05) is 25.2 Å². The molecule has 1 heterocycles. The topological polar surface area (TPSA) is 78.9 Å². The normalized spacial score (nSPS) is 30.2. The van der Waals surface area contributed by atoms with Crippen molar-refractivity contribution < 1.29 is 18.3 Å². The number of hydrogen-bond donors (Lipinski definition) is 2. The van der Waals surface area contributed by atoms with Crippen LogP contribution < -0.4 is 4.72 Å². The Morgan fingerprint density at radius 1 is 1.13 bits per heavy atom. The molecule has 1 saturated heterocycles. The van der Waals surface area contributed by atoms with Crippen LogP contribution in [0.1, 0.15) is 19.3 Å². The maximum Gasteiger partial charge on any atom is 0.240 e. The molecule has 0 spiro atoms. The molecule has 0 amide bonds. The zero-order valence-electron chi connectivity index (χ0n) is 13.1. The minimum absolute atomic E-state index is 0.00359. The fourth-order valence-electron chi connectivity index (χ4n) is 3.46. The molecule has 2 fully saturated rings. The van der Waals surface area contributed by atoms with E-state index in [9.17, 15) is 13.5 Å². The second kappa shape index (κ2) is 7.27. The predicted molar refractivity (Wildman–Crippen MR) is 86.6 cm³/mol. The molecule has 0 bridgehead atoms. The van der Waals surface area contributed by atoms with Crippen molar-refractivity contribution in [3.05, 3.63) is 30.3 Å². The van der Waals surface area contributed by atoms with E-state index in [1.807, 2.05) is 0 Å². The van der Waals surface area contributed by atoms with Gasteiger partial charge >= 0.3 is 0 Å². The molecule has 2 N–H and O–H groups in total. The molecule has 128 valence electrons. The van der Waals surface area contributed by atoms with Gasteiger partial charge in [0.1, 0.15) is 0 Å². The summed E-state index contributed by atoms with van der Waals surface area (Å²) in [4.78, 5) is 2.46. The van der Waals surface area contributed by atoms with Crippen LogP contribution in [0.4, 0.5) is 0 Å². The molecule has 0 radical (unpaired) electrons. The third kappa shape index (κ3) is 3.92. The van der Waals surface area contributed by atoms with Gasteiger partial charge in [-0.3, -0.25) is 4.90 Å². The fraction of sp³-hybridized carbons (Fsp3) is 0.625. The Labute approximate surface area is 137 Å². The molecule has 1 aliphatic heterocycles. The molecule has 3 atom stereocenters. The highest BCUT2D eigenvalue weighted by molar-refractivity contribution is 7.89. The summed E-state index contributed by atoms with van der Waals surface area (Å²) in [5, 5.41) is 10.7. The van der Waals surface area contributed by atoms with Crippen LogP contribution in [0.3, 0.4) is 0 Å². The molecule has 6 nitrogen and oxygen atoms in total. The Kier molecular flexibility index (Phi) is 5.33. The molecule has 0 unspecified atom stereocenters. The fourth-order valence-corrected chi connectivity index (χ4v) is 4.77. The highest BCUT2D eigenvalue weighted by Gasteiger charge is 2.37. The largest absolute Gasteiger partial charge is 0.390 e. The molecule has 1 aromatic rings. The Hall–Kier alpha value is -0.990. The summed E-state index contributed by atoms with van der Waals surface area (Å²) in [6.45, 7) is 2.92. The maximum atomic E-state index is 12.5. The number of morpholine rings is 1. The van der Waals surface area contributed by atoms with Gasteiger partial charge in [-0.05, 0) is 25.0 Å². The molecule has 1 aromatic carbocycles. The van der Waals surface area contributed by atoms with E-state index in [1.165, 1.54) is 0 Å². The van der Waals surface area contributed by atoms with E-state index in [0.717, 1.165) is 25.9 Å². The van der Waals surface area contributed by atoms with E-state index < -0.39 is 22.2 Å². The van der Waals surface area contributed by atoms with Gasteiger partial charge in [-0.25, -0.2) is 13.1 Å². The van der Waals surface area contributed by atoms with Crippen LogP contribution in [0, 0.1) is 0 Å². The van der Waals surface area contributed by atoms with Crippen LogP contribution in [-0.4, -0.2) is 62.9 Å². The van der Waals surface area contributed by atoms with Crippen LogP contribution >= 0.6 is 0 Å². The number of hydrogen-bond acceptors (Lipinski definition) is 5. The molecule has 3 rings (SSSR count). The second-order valence-electron chi connectivity index (χ2n) is 6.18. The lowest BCUT2D eigenvalue weighted by molar-refractivity contribution is -0.0441. The molecule has 1 saturated carbocycles. The van der Waals surface area contributed by atoms with Gasteiger partial charge < -0.3 is 9.84 Å². The Morgan fingerprint density at radius 2 is 1.83 bits per heavy atom. The van der Waals surface area contributed by atoms with Crippen LogP contribution in [0.25, 0.3) is 0 Å². The molecule has 1 aliphatic carbocycles. The van der Waals surface area contributed by atoms with Gasteiger partial charge in [0.25, 0.3) is 0 Å². The molecular formula is C16H24N2O4S. The van der Waals surface area contributed by atoms with Crippen molar-refractivity contribution in [2.75, 3.05) is 26.3 Å². The number of sulfonamides is 1. The van der Waals surface area contributed by atoms with Crippen molar-refractivity contribution in [3.63, 3.8) is 0 Å². The van der Waals surface area contributed by atoms with Gasteiger partial charge in [0.05, 0.1) is 24.2 Å². The average molecular weight is 340 g/mol. The average Bonchev–Trinajstić information content (AvgIpc) is 2.58. The van der Waals surface area contributed by atoms with E-state index in [2.05, 4.69) is 9.62 Å². The quantitative estimate of drug-likeness (QED) is 0.838. The predicted octanol–water partition coefficient (Wildman–Crippen LogP) is 0.579. The monoisotopic (exact) mass is 340 g/mol. The number of nitrogens with one attached hydrogen (secondary N) is 1. The number of nitrogens with zero attached hydrogens (tertiary/aromatic N) is 1. The van der Waals surface area contributed by atoms with Crippen LogP contribution in [0.2, 0.25) is 0 Å². The number of aliphatic hydroxyl groups is 1. The van der Waals surface area contributed by atoms with E-state index in [4.69, 9.17) is 4.74 Å². The SMILES string of the molecule is O=S(=O)(N[C@@H]1CCC[C@@H](N2CCOCC2)[C@@H]1O)c1ccccc1. The lowest BCUT2D eigenvalue weighted by Gasteiger charge is -2.42. The molecule has 23 heavy (non-hydrogen) atoms. The second-order valence-corrected chi connectivity index (χ2v) is 7.89. The van der Waals surface area contributed by atoms with E-state index in [1.54, 1.807) is 30.3 Å². The Bertz CT molecular complexity index is 602. The maximum absolute atomic E-state index is 12.5. The van der Waals surface area contributed by atoms with Gasteiger partial charge in [-0.2, -0.15) is 0 Å². The standard InChI is InChI=1S/C16H24N2O4S/c19-16-14(17-23(20,21)13-5-2-1-3-6-13)7-4-8-15(16)18-9-11-22-12-10-18/h1-3,5-6,14-17,19H,4,7-12H2/t14-,15-,16-/m1/s1. The first-order valence-corrected chi connectivity index (χ1v) is 9.63. The van der Waals surface area contributed by atoms with Crippen molar-refractivity contribution in [1.82, 2.24) is 9.62 Å². The smallest absolute Gasteiger partial charge is 0.240 e. The van der Waals surface area contributed by atoms with Crippen LogP contribution in [0.15, 0.2) is 35.2 Å². The summed E-state index contributed by atoms with van der Waals surface area (Å²) >= 11 is 0. The highest BCUT2D eigenvalue weighted by Crippen LogP contribution is 2.25. The zero-order chi connectivity index (χ0) is 16.3. The summed E-state index contributed by atoms with van der Waals surface area (Å²) in [5.74, 6) is 0. The van der Waals surface area contributed by atoms with E-state index in [-0.39, 0.29) is 10.9 Å². The van der Waals surface area contributed by atoms with Gasteiger partial charge in [0.15, 0.2) is 0 Å². The van der Waals surface area contributed by atoms with Crippen molar-refractivity contribution >= 4 is 10.0 Å². The third-order valence-corrected chi connectivity index (χ3v) is 6.20. The van der Waals surface area contributed by atoms with E-state index in [0.29, 0.717) is 19.6 Å². The first-order chi connectivity index (χ1) is 11.1. The minimum atomic E-state index is -3.60. The van der Waals surface area contributed by atoms with E-state index >= 15 is 0 Å². The Balaban J connectivity index is 1.70. The molecular weight excluding hydrogens is 316 g/mol. The van der Waals surface area contributed by atoms with Crippen molar-refractivity contribution in [2.45, 2.75) is 42.3 Å². The number of ether oxygens (including phenoxy) is 1. The molecule has 2 aliphatic rings.